The molecule has 3 saturated heterocycles. The Morgan fingerprint density at radius 3 is 2.00 bits per heavy atom. The number of amides is 3. The van der Waals surface area contributed by atoms with E-state index in [0.717, 1.165) is 44.7 Å². The molecule has 6 heteroatoms. The number of hydrogen-bond acceptors (Lipinski definition) is 4. The number of carbonyl (C=O) groups is 2. The van der Waals surface area contributed by atoms with E-state index in [1.54, 1.807) is 0 Å². The zero-order chi connectivity index (χ0) is 20.1. The highest BCUT2D eigenvalue weighted by atomic mass is 16.2. The summed E-state index contributed by atoms with van der Waals surface area (Å²) in [5, 5.41) is 3.10. The lowest BCUT2D eigenvalue weighted by Gasteiger charge is -2.36. The van der Waals surface area contributed by atoms with Crippen LogP contribution in [0.4, 0.5) is 4.79 Å². The molecular weight excluding hydrogens is 364 g/mol. The number of nitrogens with zero attached hydrogens (tertiary/aromatic N) is 3. The number of likely N-dealkylation sites (tertiary alicyclic amines) is 2. The van der Waals surface area contributed by atoms with Crippen molar-refractivity contribution in [2.45, 2.75) is 89.0 Å². The van der Waals surface area contributed by atoms with Crippen molar-refractivity contribution in [2.75, 3.05) is 39.4 Å². The molecule has 6 nitrogen and oxygen atoms in total. The lowest BCUT2D eigenvalue weighted by atomic mass is 9.84. The molecule has 0 bridgehead atoms. The highest BCUT2D eigenvalue weighted by Crippen LogP contribution is 2.32. The molecule has 1 aliphatic carbocycles. The molecule has 1 N–H and O–H groups in total. The number of nitrogens with one attached hydrogen (secondary N) is 1. The van der Waals surface area contributed by atoms with Crippen molar-refractivity contribution >= 4 is 11.9 Å². The van der Waals surface area contributed by atoms with Gasteiger partial charge in [-0.25, -0.2) is 9.69 Å². The zero-order valence-corrected chi connectivity index (χ0v) is 18.2. The predicted molar refractivity (Wildman–Crippen MR) is 114 cm³/mol. The second-order valence-electron chi connectivity index (χ2n) is 9.93. The first-order chi connectivity index (χ1) is 14.2. The van der Waals surface area contributed by atoms with Gasteiger partial charge in [-0.2, -0.15) is 0 Å². The number of rotatable bonds is 4. The quantitative estimate of drug-likeness (QED) is 0.728. The van der Waals surface area contributed by atoms with Crippen molar-refractivity contribution in [3.63, 3.8) is 0 Å². The minimum Gasteiger partial charge on any atom is -0.323 e. The molecule has 1 spiro atoms. The lowest BCUT2D eigenvalue weighted by Crippen LogP contribution is -2.49. The molecule has 4 rings (SSSR count). The highest BCUT2D eigenvalue weighted by Gasteiger charge is 2.50. The summed E-state index contributed by atoms with van der Waals surface area (Å²) >= 11 is 0. The van der Waals surface area contributed by atoms with Crippen LogP contribution in [-0.2, 0) is 4.79 Å². The Balaban J connectivity index is 1.26. The fraction of sp³-hybridized carbons (Fsp3) is 0.913. The smallest absolute Gasteiger partial charge is 0.323 e. The Hall–Kier alpha value is -1.14. The van der Waals surface area contributed by atoms with Crippen LogP contribution in [0.3, 0.4) is 0 Å². The maximum atomic E-state index is 13.2. The second-order valence-corrected chi connectivity index (χ2v) is 9.93. The van der Waals surface area contributed by atoms with Crippen molar-refractivity contribution in [3.8, 4) is 0 Å². The topological polar surface area (TPSA) is 55.9 Å². The molecule has 1 saturated carbocycles. The first-order valence-electron chi connectivity index (χ1n) is 12.3. The summed E-state index contributed by atoms with van der Waals surface area (Å²) in [4.78, 5) is 32.3. The largest absolute Gasteiger partial charge is 0.326 e. The molecule has 3 amide bonds. The summed E-state index contributed by atoms with van der Waals surface area (Å²) in [6.07, 6.45) is 15.2. The predicted octanol–water partition coefficient (Wildman–Crippen LogP) is 3.57. The van der Waals surface area contributed by atoms with Crippen molar-refractivity contribution in [1.29, 1.82) is 0 Å². The number of urea groups is 1. The van der Waals surface area contributed by atoms with E-state index in [4.69, 9.17) is 0 Å². The Bertz CT molecular complexity index is 557. The third kappa shape index (κ3) is 5.13. The monoisotopic (exact) mass is 404 g/mol. The fourth-order valence-corrected chi connectivity index (χ4v) is 5.85. The molecular formula is C23H40N4O2. The van der Waals surface area contributed by atoms with Gasteiger partial charge >= 0.3 is 6.03 Å². The summed E-state index contributed by atoms with van der Waals surface area (Å²) in [6.45, 7) is 6.25. The highest BCUT2D eigenvalue weighted by molar-refractivity contribution is 6.07. The SMILES string of the molecule is O=C1NC2(CCCCCCC2)C(=O)N1CN1CCC(CN2CCCCCC2)CC1. The summed E-state index contributed by atoms with van der Waals surface area (Å²) in [6, 6.07) is -0.165. The molecule has 3 heterocycles. The number of carbonyl (C=O) groups excluding carboxylic acids is 2. The number of imide groups is 1. The van der Waals surface area contributed by atoms with Gasteiger partial charge < -0.3 is 10.2 Å². The van der Waals surface area contributed by atoms with E-state index in [1.165, 1.54) is 82.3 Å². The van der Waals surface area contributed by atoms with Gasteiger partial charge in [-0.15, -0.1) is 0 Å². The standard InChI is InChI=1S/C23H40N4O2/c28-21-23(12-6-2-1-3-7-13-23)24-22(29)27(21)19-26-16-10-20(11-17-26)18-25-14-8-4-5-9-15-25/h20H,1-19H2,(H,24,29). The third-order valence-corrected chi connectivity index (χ3v) is 7.72. The molecule has 0 aromatic heterocycles. The molecule has 0 aromatic carbocycles. The Morgan fingerprint density at radius 1 is 0.759 bits per heavy atom. The number of hydrogen-bond donors (Lipinski definition) is 1. The Morgan fingerprint density at radius 2 is 1.34 bits per heavy atom. The van der Waals surface area contributed by atoms with Gasteiger partial charge in [0, 0.05) is 19.6 Å². The van der Waals surface area contributed by atoms with Crippen LogP contribution in [-0.4, -0.2) is 71.6 Å². The molecule has 29 heavy (non-hydrogen) atoms. The van der Waals surface area contributed by atoms with Gasteiger partial charge in [0.25, 0.3) is 5.91 Å². The Labute approximate surface area is 176 Å². The molecule has 3 aliphatic heterocycles. The van der Waals surface area contributed by atoms with Crippen LogP contribution in [0.2, 0.25) is 0 Å². The van der Waals surface area contributed by atoms with Crippen LogP contribution in [0.1, 0.15) is 83.5 Å². The van der Waals surface area contributed by atoms with Gasteiger partial charge in [-0.05, 0) is 57.5 Å². The zero-order valence-electron chi connectivity index (χ0n) is 18.2. The van der Waals surface area contributed by atoms with Gasteiger partial charge in [0.2, 0.25) is 0 Å². The lowest BCUT2D eigenvalue weighted by molar-refractivity contribution is -0.133. The normalized spacial score (nSPS) is 28.2. The second kappa shape index (κ2) is 9.78. The Kier molecular flexibility index (Phi) is 7.12. The fourth-order valence-electron chi connectivity index (χ4n) is 5.85. The van der Waals surface area contributed by atoms with Crippen molar-refractivity contribution in [3.05, 3.63) is 0 Å². The van der Waals surface area contributed by atoms with Gasteiger partial charge in [0.15, 0.2) is 0 Å². The van der Waals surface area contributed by atoms with E-state index in [9.17, 15) is 9.59 Å². The van der Waals surface area contributed by atoms with E-state index in [-0.39, 0.29) is 11.9 Å². The average Bonchev–Trinajstić information content (AvgIpc) is 2.87. The molecule has 0 atom stereocenters. The first-order valence-corrected chi connectivity index (χ1v) is 12.3. The van der Waals surface area contributed by atoms with Gasteiger partial charge in [-0.3, -0.25) is 9.69 Å². The minimum absolute atomic E-state index is 0.0380. The maximum Gasteiger partial charge on any atom is 0.326 e. The van der Waals surface area contributed by atoms with Gasteiger partial charge in [0.05, 0.1) is 6.67 Å². The minimum atomic E-state index is -0.609. The number of piperidine rings is 1. The third-order valence-electron chi connectivity index (χ3n) is 7.72. The van der Waals surface area contributed by atoms with Crippen LogP contribution >= 0.6 is 0 Å². The van der Waals surface area contributed by atoms with Crippen molar-refractivity contribution in [2.24, 2.45) is 5.92 Å². The van der Waals surface area contributed by atoms with Crippen LogP contribution in [0.25, 0.3) is 0 Å². The maximum absolute atomic E-state index is 13.2. The summed E-state index contributed by atoms with van der Waals surface area (Å²) in [5.41, 5.74) is -0.609. The van der Waals surface area contributed by atoms with Crippen LogP contribution in [0.5, 0.6) is 0 Å². The van der Waals surface area contributed by atoms with E-state index in [2.05, 4.69) is 15.1 Å². The summed E-state index contributed by atoms with van der Waals surface area (Å²) in [5.74, 6) is 0.806. The molecule has 4 fully saturated rings. The van der Waals surface area contributed by atoms with Gasteiger partial charge in [0.1, 0.15) is 5.54 Å². The average molecular weight is 405 g/mol. The van der Waals surface area contributed by atoms with Crippen molar-refractivity contribution < 1.29 is 9.59 Å². The molecule has 0 radical (unpaired) electrons. The molecule has 164 valence electrons. The van der Waals surface area contributed by atoms with E-state index in [1.807, 2.05) is 0 Å². The summed E-state index contributed by atoms with van der Waals surface area (Å²) in [7, 11) is 0. The van der Waals surface area contributed by atoms with Gasteiger partial charge in [-0.1, -0.05) is 44.9 Å². The molecule has 0 aromatic rings. The van der Waals surface area contributed by atoms with Crippen LogP contribution < -0.4 is 5.32 Å². The van der Waals surface area contributed by atoms with E-state index in [0.29, 0.717) is 6.67 Å². The van der Waals surface area contributed by atoms with Crippen LogP contribution in [0.15, 0.2) is 0 Å². The van der Waals surface area contributed by atoms with Crippen LogP contribution in [0, 0.1) is 5.92 Å². The molecule has 4 aliphatic rings. The summed E-state index contributed by atoms with van der Waals surface area (Å²) < 4.78 is 0. The van der Waals surface area contributed by atoms with E-state index >= 15 is 0 Å². The molecule has 0 unspecified atom stereocenters. The van der Waals surface area contributed by atoms with E-state index < -0.39 is 5.54 Å². The first kappa shape index (κ1) is 21.1. The van der Waals surface area contributed by atoms with Crippen molar-refractivity contribution in [1.82, 2.24) is 20.0 Å².